The third-order valence-corrected chi connectivity index (χ3v) is 10.3. The molecule has 9 nitrogen and oxygen atoms in total. The summed E-state index contributed by atoms with van der Waals surface area (Å²) in [5.41, 5.74) is 7.23. The Bertz CT molecular complexity index is 1780. The molecule has 2 aliphatic heterocycles. The Balaban J connectivity index is 1.18. The Hall–Kier alpha value is -4.83. The lowest BCUT2D eigenvalue weighted by molar-refractivity contribution is -0.136. The van der Waals surface area contributed by atoms with Gasteiger partial charge in [-0.3, -0.25) is 19.4 Å². The maximum Gasteiger partial charge on any atom is 0.304 e. The maximum absolute atomic E-state index is 13.6. The number of anilines is 3. The van der Waals surface area contributed by atoms with E-state index in [1.54, 1.807) is 24.4 Å². The van der Waals surface area contributed by atoms with Crippen LogP contribution in [0.2, 0.25) is 0 Å². The molecule has 260 valence electrons. The molecule has 50 heavy (non-hydrogen) atoms. The van der Waals surface area contributed by atoms with Crippen LogP contribution in [0.25, 0.3) is 11.3 Å². The lowest BCUT2D eigenvalue weighted by atomic mass is 10.0. The molecule has 2 fully saturated rings. The number of amides is 2. The van der Waals surface area contributed by atoms with Gasteiger partial charge in [0.2, 0.25) is 0 Å². The summed E-state index contributed by atoms with van der Waals surface area (Å²) in [5, 5.41) is 15.1. The summed E-state index contributed by atoms with van der Waals surface area (Å²) >= 11 is 1.53. The second-order valence-electron chi connectivity index (χ2n) is 13.0. The molecule has 0 aliphatic carbocycles. The molecule has 3 aromatic carbocycles. The molecule has 6 rings (SSSR count). The smallest absolute Gasteiger partial charge is 0.304 e. The number of benzene rings is 3. The molecule has 0 unspecified atom stereocenters. The van der Waals surface area contributed by atoms with Gasteiger partial charge in [-0.25, -0.2) is 0 Å². The van der Waals surface area contributed by atoms with Gasteiger partial charge in [0, 0.05) is 78.5 Å². The van der Waals surface area contributed by atoms with Gasteiger partial charge in [0.25, 0.3) is 11.8 Å². The summed E-state index contributed by atoms with van der Waals surface area (Å²) in [5.74, 6) is -0.136. The van der Waals surface area contributed by atoms with E-state index in [1.165, 1.54) is 43.1 Å². The number of carbonyl (C=O) groups is 3. The Kier molecular flexibility index (Phi) is 12.0. The highest BCUT2D eigenvalue weighted by Crippen LogP contribution is 2.33. The van der Waals surface area contributed by atoms with Crippen molar-refractivity contribution in [2.24, 2.45) is 0 Å². The fourth-order valence-electron chi connectivity index (χ4n) is 6.53. The Morgan fingerprint density at radius 3 is 2.12 bits per heavy atom. The van der Waals surface area contributed by atoms with Gasteiger partial charge in [0.1, 0.15) is 0 Å². The lowest BCUT2D eigenvalue weighted by Crippen LogP contribution is -2.29. The van der Waals surface area contributed by atoms with Gasteiger partial charge >= 0.3 is 5.97 Å². The summed E-state index contributed by atoms with van der Waals surface area (Å²) in [7, 11) is 0. The van der Waals surface area contributed by atoms with Crippen molar-refractivity contribution in [2.45, 2.75) is 57.2 Å². The Labute approximate surface area is 298 Å². The van der Waals surface area contributed by atoms with Gasteiger partial charge in [-0.2, -0.15) is 11.8 Å². The number of nitrogens with zero attached hydrogens (tertiary/aromatic N) is 3. The molecule has 2 amide bonds. The quantitative estimate of drug-likeness (QED) is 0.123. The first kappa shape index (κ1) is 35.0. The second kappa shape index (κ2) is 17.2. The van der Waals surface area contributed by atoms with Crippen LogP contribution in [-0.4, -0.2) is 59.8 Å². The van der Waals surface area contributed by atoms with E-state index < -0.39 is 5.97 Å². The number of nitrogens with one attached hydrogen (secondary N) is 2. The average molecular weight is 692 g/mol. The predicted octanol–water partition coefficient (Wildman–Crippen LogP) is 7.62. The summed E-state index contributed by atoms with van der Waals surface area (Å²) in [6, 6.07) is 25.3. The third kappa shape index (κ3) is 9.44. The minimum absolute atomic E-state index is 0.102. The molecule has 0 bridgehead atoms. The summed E-state index contributed by atoms with van der Waals surface area (Å²) in [6.45, 7) is 4.54. The van der Waals surface area contributed by atoms with Gasteiger partial charge in [-0.1, -0.05) is 24.3 Å². The largest absolute Gasteiger partial charge is 0.481 e. The van der Waals surface area contributed by atoms with E-state index in [4.69, 9.17) is 5.11 Å². The van der Waals surface area contributed by atoms with Crippen molar-refractivity contribution in [1.29, 1.82) is 0 Å². The number of carboxylic acid groups (broad SMARTS) is 1. The number of rotatable bonds is 13. The monoisotopic (exact) mass is 691 g/mol. The molecule has 0 saturated carbocycles. The third-order valence-electron chi connectivity index (χ3n) is 9.30. The molecule has 0 radical (unpaired) electrons. The zero-order valence-corrected chi connectivity index (χ0v) is 29.2. The number of pyridine rings is 1. The molecule has 4 aromatic rings. The van der Waals surface area contributed by atoms with Crippen LogP contribution in [0.1, 0.15) is 76.8 Å². The van der Waals surface area contributed by atoms with Crippen molar-refractivity contribution >= 4 is 46.6 Å². The number of hydrogen-bond acceptors (Lipinski definition) is 7. The Morgan fingerprint density at radius 2 is 1.40 bits per heavy atom. The molecule has 3 heterocycles. The normalized spacial score (nSPS) is 14.6. The standard InChI is InChI=1S/C40H45N5O4S/c46-38(47)17-23-50-28-30-8-7-9-31(24-30)40(49)43-36-15-14-34(45-21-5-2-6-22-45)26-35(36)37-25-32(16-18-41-37)39(48)42-27-29-10-12-33(13-11-29)44-19-3-1-4-20-44/h7-16,18,24-26H,1-6,17,19-23,27-28H2,(H,42,48)(H,43,49)(H,46,47). The zero-order chi connectivity index (χ0) is 34.7. The number of piperidine rings is 2. The van der Waals surface area contributed by atoms with Crippen LogP contribution >= 0.6 is 11.8 Å². The number of thioether (sulfide) groups is 1. The number of carboxylic acids is 1. The number of hydrogen-bond donors (Lipinski definition) is 3. The average Bonchev–Trinajstić information content (AvgIpc) is 3.16. The molecule has 10 heteroatoms. The predicted molar refractivity (Wildman–Crippen MR) is 202 cm³/mol. The van der Waals surface area contributed by atoms with Crippen LogP contribution < -0.4 is 20.4 Å². The number of aliphatic carboxylic acids is 1. The molecule has 2 aliphatic rings. The fourth-order valence-corrected chi connectivity index (χ4v) is 7.41. The first-order valence-corrected chi connectivity index (χ1v) is 18.8. The van der Waals surface area contributed by atoms with Crippen molar-refractivity contribution < 1.29 is 19.5 Å². The first-order chi connectivity index (χ1) is 24.4. The number of aromatic nitrogens is 1. The molecular formula is C40H45N5O4S. The summed E-state index contributed by atoms with van der Waals surface area (Å²) < 4.78 is 0. The van der Waals surface area contributed by atoms with Gasteiger partial charge in [0.05, 0.1) is 17.8 Å². The van der Waals surface area contributed by atoms with Crippen LogP contribution in [0.3, 0.4) is 0 Å². The van der Waals surface area contributed by atoms with Crippen LogP contribution in [0.15, 0.2) is 85.1 Å². The minimum Gasteiger partial charge on any atom is -0.481 e. The molecule has 0 atom stereocenters. The van der Waals surface area contributed by atoms with Crippen LogP contribution in [0.5, 0.6) is 0 Å². The molecular weight excluding hydrogens is 647 g/mol. The van der Waals surface area contributed by atoms with Crippen molar-refractivity contribution in [3.63, 3.8) is 0 Å². The second-order valence-corrected chi connectivity index (χ2v) is 14.1. The van der Waals surface area contributed by atoms with E-state index >= 15 is 0 Å². The van der Waals surface area contributed by atoms with E-state index in [-0.39, 0.29) is 18.2 Å². The lowest BCUT2D eigenvalue weighted by Gasteiger charge is -2.29. The van der Waals surface area contributed by atoms with E-state index in [1.807, 2.05) is 30.3 Å². The highest BCUT2D eigenvalue weighted by molar-refractivity contribution is 7.98. The van der Waals surface area contributed by atoms with Crippen LogP contribution in [0.4, 0.5) is 17.1 Å². The SMILES string of the molecule is O=C(O)CCSCc1cccc(C(=O)Nc2ccc(N3CCCCC3)cc2-c2cc(C(=O)NCc3ccc(N4CCCCC4)cc3)ccn2)c1. The Morgan fingerprint density at radius 1 is 0.720 bits per heavy atom. The molecule has 3 N–H and O–H groups in total. The van der Waals surface area contributed by atoms with Gasteiger partial charge in [-0.05, 0) is 104 Å². The first-order valence-electron chi connectivity index (χ1n) is 17.6. The van der Waals surface area contributed by atoms with Crippen molar-refractivity contribution in [3.8, 4) is 11.3 Å². The zero-order valence-electron chi connectivity index (χ0n) is 28.4. The van der Waals surface area contributed by atoms with Crippen LogP contribution in [-0.2, 0) is 17.1 Å². The molecule has 0 spiro atoms. The minimum atomic E-state index is -0.817. The van der Waals surface area contributed by atoms with Gasteiger partial charge in [-0.15, -0.1) is 0 Å². The van der Waals surface area contributed by atoms with Crippen LogP contribution in [0, 0.1) is 0 Å². The van der Waals surface area contributed by atoms with Crippen molar-refractivity contribution in [1.82, 2.24) is 10.3 Å². The van der Waals surface area contributed by atoms with E-state index in [0.29, 0.717) is 40.6 Å². The highest BCUT2D eigenvalue weighted by atomic mass is 32.2. The topological polar surface area (TPSA) is 115 Å². The van der Waals surface area contributed by atoms with E-state index in [0.717, 1.165) is 61.4 Å². The highest BCUT2D eigenvalue weighted by Gasteiger charge is 2.18. The van der Waals surface area contributed by atoms with E-state index in [2.05, 4.69) is 55.7 Å². The van der Waals surface area contributed by atoms with Crippen molar-refractivity contribution in [2.75, 3.05) is 47.0 Å². The molecule has 1 aromatic heterocycles. The number of carbonyl (C=O) groups excluding carboxylic acids is 2. The fraction of sp³-hybridized carbons (Fsp3) is 0.350. The summed E-state index contributed by atoms with van der Waals surface area (Å²) in [4.78, 5) is 47.3. The van der Waals surface area contributed by atoms with Gasteiger partial charge in [0.15, 0.2) is 0 Å². The van der Waals surface area contributed by atoms with Crippen molar-refractivity contribution in [3.05, 3.63) is 107 Å². The molecule has 2 saturated heterocycles. The summed E-state index contributed by atoms with van der Waals surface area (Å²) in [6.07, 6.45) is 8.98. The maximum atomic E-state index is 13.6. The van der Waals surface area contributed by atoms with E-state index in [9.17, 15) is 14.4 Å². The van der Waals surface area contributed by atoms with Gasteiger partial charge < -0.3 is 25.5 Å².